The summed E-state index contributed by atoms with van der Waals surface area (Å²) in [7, 11) is 0. The zero-order valence-electron chi connectivity index (χ0n) is 16.9. The van der Waals surface area contributed by atoms with Crippen molar-refractivity contribution in [2.75, 3.05) is 32.4 Å². The molecule has 29 heavy (non-hydrogen) atoms. The van der Waals surface area contributed by atoms with E-state index in [1.165, 1.54) is 11.8 Å². The molecule has 2 aliphatic heterocycles. The van der Waals surface area contributed by atoms with Crippen LogP contribution in [0.4, 0.5) is 0 Å². The van der Waals surface area contributed by atoms with Crippen LogP contribution in [0.15, 0.2) is 27.8 Å². The van der Waals surface area contributed by atoms with Crippen molar-refractivity contribution in [1.82, 2.24) is 19.8 Å². The van der Waals surface area contributed by atoms with Gasteiger partial charge in [-0.3, -0.25) is 9.59 Å². The Morgan fingerprint density at radius 2 is 1.79 bits per heavy atom. The summed E-state index contributed by atoms with van der Waals surface area (Å²) in [5.74, 6) is 1.35. The number of aryl methyl sites for hydroxylation is 1. The minimum atomic E-state index is -0.0243. The average molecular weight is 415 g/mol. The lowest BCUT2D eigenvalue weighted by Crippen LogP contribution is -2.38. The Balaban J connectivity index is 1.41. The molecule has 0 spiro atoms. The Bertz CT molecular complexity index is 899. The van der Waals surface area contributed by atoms with Crippen molar-refractivity contribution in [2.45, 2.75) is 43.6 Å². The van der Waals surface area contributed by atoms with Gasteiger partial charge in [-0.05, 0) is 51.0 Å². The van der Waals surface area contributed by atoms with Crippen LogP contribution < -0.4 is 0 Å². The topological polar surface area (TPSA) is 79.5 Å². The number of thioether (sulfide) groups is 1. The zero-order chi connectivity index (χ0) is 20.4. The van der Waals surface area contributed by atoms with Crippen LogP contribution in [0.25, 0.3) is 0 Å². The molecule has 2 fully saturated rings. The normalized spacial score (nSPS) is 17.7. The largest absolute Gasteiger partial charge is 0.445 e. The number of hydrogen-bond donors (Lipinski definition) is 0. The number of pyridine rings is 1. The van der Waals surface area contributed by atoms with Gasteiger partial charge in [0.25, 0.3) is 11.8 Å². The van der Waals surface area contributed by atoms with E-state index in [2.05, 4.69) is 9.97 Å². The number of oxazole rings is 1. The maximum Gasteiger partial charge on any atom is 0.276 e. The molecule has 154 valence electrons. The van der Waals surface area contributed by atoms with Crippen molar-refractivity contribution in [3.05, 3.63) is 41.2 Å². The minimum absolute atomic E-state index is 0.0226. The number of hydrogen-bond acceptors (Lipinski definition) is 6. The highest BCUT2D eigenvalue weighted by molar-refractivity contribution is 7.98. The Morgan fingerprint density at radius 1 is 1.10 bits per heavy atom. The highest BCUT2D eigenvalue weighted by Crippen LogP contribution is 2.30. The van der Waals surface area contributed by atoms with Gasteiger partial charge < -0.3 is 14.2 Å². The second-order valence-corrected chi connectivity index (χ2v) is 8.38. The van der Waals surface area contributed by atoms with Gasteiger partial charge in [0.2, 0.25) is 0 Å². The van der Waals surface area contributed by atoms with Crippen LogP contribution in [0.1, 0.15) is 64.1 Å². The van der Waals surface area contributed by atoms with Crippen molar-refractivity contribution in [3.63, 3.8) is 0 Å². The molecule has 0 aliphatic carbocycles. The molecule has 8 heteroatoms. The molecule has 0 saturated carbocycles. The molecular weight excluding hydrogens is 388 g/mol. The van der Waals surface area contributed by atoms with Crippen molar-refractivity contribution >= 4 is 23.6 Å². The molecule has 0 radical (unpaired) electrons. The quantitative estimate of drug-likeness (QED) is 0.714. The molecule has 0 unspecified atom stereocenters. The van der Waals surface area contributed by atoms with E-state index in [1.54, 1.807) is 12.3 Å². The number of carbonyl (C=O) groups is 2. The standard InChI is InChI=1S/C21H26N4O3S/c1-14-17(21(27)24-10-3-4-11-24)23-18(28-14)15-7-12-25(13-8-15)20(26)16-6-5-9-22-19(16)29-2/h5-6,9,15H,3-4,7-8,10-13H2,1-2H3. The van der Waals surface area contributed by atoms with Crippen LogP contribution in [-0.2, 0) is 0 Å². The molecule has 0 N–H and O–H groups in total. The highest BCUT2D eigenvalue weighted by Gasteiger charge is 2.31. The van der Waals surface area contributed by atoms with Gasteiger partial charge in [-0.15, -0.1) is 11.8 Å². The molecule has 4 rings (SSSR count). The Labute approximate surface area is 174 Å². The summed E-state index contributed by atoms with van der Waals surface area (Å²) in [6, 6.07) is 3.63. The average Bonchev–Trinajstić information content (AvgIpc) is 3.43. The first-order valence-electron chi connectivity index (χ1n) is 10.1. The molecule has 0 aromatic carbocycles. The lowest BCUT2D eigenvalue weighted by molar-refractivity contribution is 0.0701. The van der Waals surface area contributed by atoms with Crippen molar-refractivity contribution in [3.8, 4) is 0 Å². The number of piperidine rings is 1. The van der Waals surface area contributed by atoms with Gasteiger partial charge >= 0.3 is 0 Å². The van der Waals surface area contributed by atoms with Crippen LogP contribution in [0.5, 0.6) is 0 Å². The Kier molecular flexibility index (Phi) is 5.89. The Hall–Kier alpha value is -2.35. The van der Waals surface area contributed by atoms with E-state index >= 15 is 0 Å². The molecule has 4 heterocycles. The van der Waals surface area contributed by atoms with Crippen LogP contribution in [0.2, 0.25) is 0 Å². The summed E-state index contributed by atoms with van der Waals surface area (Å²) in [6.07, 6.45) is 7.29. The molecule has 2 saturated heterocycles. The van der Waals surface area contributed by atoms with Crippen molar-refractivity contribution in [1.29, 1.82) is 0 Å². The van der Waals surface area contributed by atoms with Gasteiger partial charge in [0.1, 0.15) is 10.8 Å². The van der Waals surface area contributed by atoms with Gasteiger partial charge in [0.15, 0.2) is 11.6 Å². The molecule has 0 bridgehead atoms. The Morgan fingerprint density at radius 3 is 2.48 bits per heavy atom. The third-order valence-corrected chi connectivity index (χ3v) is 6.45. The molecular formula is C21H26N4O3S. The van der Waals surface area contributed by atoms with Gasteiger partial charge in [-0.25, -0.2) is 9.97 Å². The summed E-state index contributed by atoms with van der Waals surface area (Å²) in [5, 5.41) is 0.757. The van der Waals surface area contributed by atoms with E-state index in [0.29, 0.717) is 36.0 Å². The summed E-state index contributed by atoms with van der Waals surface area (Å²) in [6.45, 7) is 4.69. The van der Waals surface area contributed by atoms with Crippen molar-refractivity contribution < 1.29 is 14.0 Å². The number of likely N-dealkylation sites (tertiary alicyclic amines) is 2. The van der Waals surface area contributed by atoms with Crippen LogP contribution in [0.3, 0.4) is 0 Å². The van der Waals surface area contributed by atoms with Gasteiger partial charge in [0, 0.05) is 38.3 Å². The van der Waals surface area contributed by atoms with Crippen LogP contribution >= 0.6 is 11.8 Å². The monoisotopic (exact) mass is 414 g/mol. The molecule has 0 atom stereocenters. The van der Waals surface area contributed by atoms with Crippen molar-refractivity contribution in [2.24, 2.45) is 0 Å². The number of rotatable bonds is 4. The van der Waals surface area contributed by atoms with Crippen LogP contribution in [-0.4, -0.2) is 64.0 Å². The fraction of sp³-hybridized carbons (Fsp3) is 0.524. The first kappa shape index (κ1) is 19.9. The lowest BCUT2D eigenvalue weighted by atomic mass is 9.96. The maximum atomic E-state index is 12.9. The number of aromatic nitrogens is 2. The third-order valence-electron chi connectivity index (χ3n) is 5.74. The molecule has 2 aliphatic rings. The van der Waals surface area contributed by atoms with E-state index in [4.69, 9.17) is 4.42 Å². The number of carbonyl (C=O) groups excluding carboxylic acids is 2. The fourth-order valence-electron chi connectivity index (χ4n) is 4.08. The second-order valence-electron chi connectivity index (χ2n) is 7.58. The molecule has 2 aromatic rings. The smallest absolute Gasteiger partial charge is 0.276 e. The SMILES string of the molecule is CSc1ncccc1C(=O)N1CCC(c2nc(C(=O)N3CCCC3)c(C)o2)CC1. The van der Waals surface area contributed by atoms with E-state index in [-0.39, 0.29) is 17.7 Å². The molecule has 2 aromatic heterocycles. The summed E-state index contributed by atoms with van der Waals surface area (Å²) in [5.41, 5.74) is 1.10. The van der Waals surface area contributed by atoms with Gasteiger partial charge in [-0.2, -0.15) is 0 Å². The maximum absolute atomic E-state index is 12.9. The van der Waals surface area contributed by atoms with E-state index in [9.17, 15) is 9.59 Å². The first-order valence-corrected chi connectivity index (χ1v) is 11.4. The predicted molar refractivity (Wildman–Crippen MR) is 110 cm³/mol. The van der Waals surface area contributed by atoms with Crippen LogP contribution in [0, 0.1) is 6.92 Å². The van der Waals surface area contributed by atoms with E-state index < -0.39 is 0 Å². The highest BCUT2D eigenvalue weighted by atomic mass is 32.2. The van der Waals surface area contributed by atoms with E-state index in [0.717, 1.165) is 43.8 Å². The second kappa shape index (κ2) is 8.57. The molecule has 2 amide bonds. The zero-order valence-corrected chi connectivity index (χ0v) is 17.7. The summed E-state index contributed by atoms with van der Waals surface area (Å²) < 4.78 is 5.88. The minimum Gasteiger partial charge on any atom is -0.445 e. The van der Waals surface area contributed by atoms with E-state index in [1.807, 2.05) is 29.0 Å². The first-order chi connectivity index (χ1) is 14.1. The lowest BCUT2D eigenvalue weighted by Gasteiger charge is -2.31. The number of amides is 2. The summed E-state index contributed by atoms with van der Waals surface area (Å²) in [4.78, 5) is 38.1. The fourth-order valence-corrected chi connectivity index (χ4v) is 4.62. The number of nitrogens with zero attached hydrogens (tertiary/aromatic N) is 4. The van der Waals surface area contributed by atoms with Gasteiger partial charge in [-0.1, -0.05) is 0 Å². The molecule has 7 nitrogen and oxygen atoms in total. The summed E-state index contributed by atoms with van der Waals surface area (Å²) >= 11 is 1.48. The van der Waals surface area contributed by atoms with Gasteiger partial charge in [0.05, 0.1) is 5.56 Å². The predicted octanol–water partition coefficient (Wildman–Crippen LogP) is 3.36. The third kappa shape index (κ3) is 4.03.